The maximum atomic E-state index is 12.0. The third-order valence-corrected chi connectivity index (χ3v) is 4.23. The molecule has 12 heteroatoms. The molecule has 0 radical (unpaired) electrons. The maximum Gasteiger partial charge on any atom is 0.407 e. The molecule has 0 bridgehead atoms. The monoisotopic (exact) mass is 417 g/mol. The van der Waals surface area contributed by atoms with E-state index in [1.54, 1.807) is 0 Å². The number of amides is 2. The first-order valence-corrected chi connectivity index (χ1v) is 10.0. The van der Waals surface area contributed by atoms with Crippen molar-refractivity contribution in [3.63, 3.8) is 0 Å². The molecular weight excluding hydrogens is 394 g/mol. The molecule has 1 aromatic carbocycles. The van der Waals surface area contributed by atoms with E-state index < -0.39 is 39.4 Å². The lowest BCUT2D eigenvalue weighted by Crippen LogP contribution is -2.27. The maximum absolute atomic E-state index is 12.0. The molecule has 0 aliphatic rings. The van der Waals surface area contributed by atoms with Gasteiger partial charge in [0.2, 0.25) is 0 Å². The Morgan fingerprint density at radius 1 is 1.29 bits per heavy atom. The van der Waals surface area contributed by atoms with Crippen molar-refractivity contribution in [1.29, 1.82) is 0 Å². The molecule has 0 saturated heterocycles. The van der Waals surface area contributed by atoms with Gasteiger partial charge in [0.15, 0.2) is 0 Å². The van der Waals surface area contributed by atoms with Gasteiger partial charge in [-0.25, -0.2) is 4.79 Å². The summed E-state index contributed by atoms with van der Waals surface area (Å²) in [4.78, 5) is 34.2. The zero-order chi connectivity index (χ0) is 21.3. The predicted octanol–water partition coefficient (Wildman–Crippen LogP) is 1.48. The second-order valence-corrected chi connectivity index (χ2v) is 7.92. The molecule has 3 N–H and O–H groups in total. The van der Waals surface area contributed by atoms with E-state index in [2.05, 4.69) is 10.6 Å². The van der Waals surface area contributed by atoms with Gasteiger partial charge in [-0.05, 0) is 24.5 Å². The molecule has 0 aromatic heterocycles. The average molecular weight is 417 g/mol. The first kappa shape index (κ1) is 23.3. The number of nitrogens with one attached hydrogen (secondary N) is 2. The predicted molar refractivity (Wildman–Crippen MR) is 99.5 cm³/mol. The van der Waals surface area contributed by atoms with Crippen molar-refractivity contribution in [3.8, 4) is 0 Å². The fraction of sp³-hybridized carbons (Fsp3) is 0.500. The molecule has 0 heterocycles. The topological polar surface area (TPSA) is 165 Å². The third-order valence-electron chi connectivity index (χ3n) is 3.42. The lowest BCUT2D eigenvalue weighted by Gasteiger charge is -2.10. The summed E-state index contributed by atoms with van der Waals surface area (Å²) in [5.41, 5.74) is -0.152. The molecule has 28 heavy (non-hydrogen) atoms. The minimum absolute atomic E-state index is 0.0196. The molecule has 2 amide bonds. The Labute approximate surface area is 162 Å². The van der Waals surface area contributed by atoms with E-state index in [1.165, 1.54) is 12.1 Å². The quantitative estimate of drug-likeness (QED) is 0.223. The lowest BCUT2D eigenvalue weighted by atomic mass is 10.1. The SMILES string of the molecule is CC(C)CNC(=O)c1ccc(COC(=O)NCCCS(=O)(=O)O)c([N+](=O)[O-])c1. The number of benzene rings is 1. The molecule has 1 aromatic rings. The summed E-state index contributed by atoms with van der Waals surface area (Å²) >= 11 is 0. The van der Waals surface area contributed by atoms with Crippen molar-refractivity contribution in [2.45, 2.75) is 26.9 Å². The number of hydrogen-bond donors (Lipinski definition) is 3. The lowest BCUT2D eigenvalue weighted by molar-refractivity contribution is -0.385. The van der Waals surface area contributed by atoms with Crippen LogP contribution < -0.4 is 10.6 Å². The van der Waals surface area contributed by atoms with E-state index in [4.69, 9.17) is 9.29 Å². The largest absolute Gasteiger partial charge is 0.444 e. The molecule has 0 unspecified atom stereocenters. The fourth-order valence-corrected chi connectivity index (χ4v) is 2.54. The summed E-state index contributed by atoms with van der Waals surface area (Å²) < 4.78 is 34.6. The standard InChI is InChI=1S/C16H23N3O8S/c1-11(2)9-18-15(20)12-4-5-13(14(8-12)19(22)23)10-27-16(21)17-6-3-7-28(24,25)26/h4-5,8,11H,3,6-7,9-10H2,1-2H3,(H,17,21)(H,18,20)(H,24,25,26). The number of nitro groups is 1. The van der Waals surface area contributed by atoms with Crippen LogP contribution >= 0.6 is 0 Å². The van der Waals surface area contributed by atoms with Crippen LogP contribution in [0.4, 0.5) is 10.5 Å². The number of alkyl carbamates (subject to hydrolysis) is 1. The highest BCUT2D eigenvalue weighted by atomic mass is 32.2. The zero-order valence-electron chi connectivity index (χ0n) is 15.5. The normalized spacial score (nSPS) is 11.1. The summed E-state index contributed by atoms with van der Waals surface area (Å²) in [6.07, 6.45) is -0.919. The molecule has 11 nitrogen and oxygen atoms in total. The van der Waals surface area contributed by atoms with Gasteiger partial charge in [0.1, 0.15) is 6.61 Å². The summed E-state index contributed by atoms with van der Waals surface area (Å²) in [7, 11) is -4.11. The minimum Gasteiger partial charge on any atom is -0.444 e. The van der Waals surface area contributed by atoms with Crippen LogP contribution in [0.5, 0.6) is 0 Å². The first-order chi connectivity index (χ1) is 13.0. The highest BCUT2D eigenvalue weighted by molar-refractivity contribution is 7.85. The Balaban J connectivity index is 2.66. The highest BCUT2D eigenvalue weighted by Gasteiger charge is 2.19. The van der Waals surface area contributed by atoms with E-state index in [0.29, 0.717) is 6.54 Å². The Morgan fingerprint density at radius 2 is 1.96 bits per heavy atom. The number of nitro benzene ring substituents is 1. The molecule has 156 valence electrons. The molecule has 0 spiro atoms. The van der Waals surface area contributed by atoms with Crippen LogP contribution in [-0.4, -0.2) is 48.7 Å². The Kier molecular flexibility index (Phi) is 8.79. The zero-order valence-corrected chi connectivity index (χ0v) is 16.3. The van der Waals surface area contributed by atoms with Gasteiger partial charge in [-0.3, -0.25) is 19.5 Å². The summed E-state index contributed by atoms with van der Waals surface area (Å²) in [5.74, 6) is -0.734. The summed E-state index contributed by atoms with van der Waals surface area (Å²) in [6, 6.07) is 3.83. The number of rotatable bonds is 10. The van der Waals surface area contributed by atoms with E-state index in [0.717, 1.165) is 6.07 Å². The molecule has 1 rings (SSSR count). The second kappa shape index (κ2) is 10.6. The highest BCUT2D eigenvalue weighted by Crippen LogP contribution is 2.21. The van der Waals surface area contributed by atoms with Gasteiger partial charge in [-0.15, -0.1) is 0 Å². The van der Waals surface area contributed by atoms with Crippen molar-refractivity contribution >= 4 is 27.8 Å². The second-order valence-electron chi connectivity index (χ2n) is 6.35. The number of hydrogen-bond acceptors (Lipinski definition) is 7. The minimum atomic E-state index is -4.11. The Bertz CT molecular complexity index is 823. The van der Waals surface area contributed by atoms with Crippen molar-refractivity contribution in [3.05, 3.63) is 39.4 Å². The summed E-state index contributed by atoms with van der Waals surface area (Å²) in [6.45, 7) is 3.78. The van der Waals surface area contributed by atoms with Crippen LogP contribution in [0.2, 0.25) is 0 Å². The number of nitrogens with zero attached hydrogens (tertiary/aromatic N) is 1. The van der Waals surface area contributed by atoms with Crippen LogP contribution in [0, 0.1) is 16.0 Å². The van der Waals surface area contributed by atoms with E-state index >= 15 is 0 Å². The van der Waals surface area contributed by atoms with E-state index in [1.807, 2.05) is 13.8 Å². The third kappa shape index (κ3) is 8.77. The molecule has 0 aliphatic heterocycles. The van der Waals surface area contributed by atoms with Gasteiger partial charge in [0, 0.05) is 24.7 Å². The van der Waals surface area contributed by atoms with Crippen LogP contribution in [0.3, 0.4) is 0 Å². The Hall–Kier alpha value is -2.73. The van der Waals surface area contributed by atoms with E-state index in [9.17, 15) is 28.1 Å². The summed E-state index contributed by atoms with van der Waals surface area (Å²) in [5, 5.41) is 16.2. The molecule has 0 fully saturated rings. The van der Waals surface area contributed by atoms with Crippen LogP contribution in [0.15, 0.2) is 18.2 Å². The van der Waals surface area contributed by atoms with Crippen molar-refractivity contribution in [1.82, 2.24) is 10.6 Å². The van der Waals surface area contributed by atoms with Gasteiger partial charge in [-0.2, -0.15) is 8.42 Å². The number of ether oxygens (including phenoxy) is 1. The van der Waals surface area contributed by atoms with E-state index in [-0.39, 0.29) is 35.7 Å². The molecular formula is C16H23N3O8S. The van der Waals surface area contributed by atoms with Crippen LogP contribution in [0.25, 0.3) is 0 Å². The molecule has 0 saturated carbocycles. The molecule has 0 aliphatic carbocycles. The average Bonchev–Trinajstić information content (AvgIpc) is 2.60. The van der Waals surface area contributed by atoms with Crippen molar-refractivity contribution in [2.24, 2.45) is 5.92 Å². The van der Waals surface area contributed by atoms with Gasteiger partial charge in [-0.1, -0.05) is 13.8 Å². The van der Waals surface area contributed by atoms with Gasteiger partial charge in [0.05, 0.1) is 16.2 Å². The van der Waals surface area contributed by atoms with Crippen molar-refractivity contribution < 1.29 is 32.2 Å². The van der Waals surface area contributed by atoms with Gasteiger partial charge < -0.3 is 15.4 Å². The smallest absolute Gasteiger partial charge is 0.407 e. The van der Waals surface area contributed by atoms with Gasteiger partial charge in [0.25, 0.3) is 21.7 Å². The van der Waals surface area contributed by atoms with Crippen molar-refractivity contribution in [2.75, 3.05) is 18.8 Å². The van der Waals surface area contributed by atoms with Gasteiger partial charge >= 0.3 is 6.09 Å². The number of carbonyl (C=O) groups excluding carboxylic acids is 2. The first-order valence-electron chi connectivity index (χ1n) is 8.41. The molecule has 0 atom stereocenters. The Morgan fingerprint density at radius 3 is 2.54 bits per heavy atom. The fourth-order valence-electron chi connectivity index (χ4n) is 2.04. The number of carbonyl (C=O) groups is 2. The van der Waals surface area contributed by atoms with Crippen LogP contribution in [0.1, 0.15) is 36.2 Å². The van der Waals surface area contributed by atoms with Crippen LogP contribution in [-0.2, 0) is 21.5 Å².